The number of aliphatic hydroxyl groups excluding tert-OH is 1. The van der Waals surface area contributed by atoms with E-state index in [4.69, 9.17) is 5.11 Å². The fraction of sp³-hybridized carbons (Fsp3) is 0.615. The van der Waals surface area contributed by atoms with Gasteiger partial charge in [0, 0.05) is 23.3 Å². The minimum absolute atomic E-state index is 0.112. The fourth-order valence-electron chi connectivity index (χ4n) is 1.73. The molecule has 1 heterocycles. The van der Waals surface area contributed by atoms with Crippen LogP contribution >= 0.6 is 11.3 Å². The SMILES string of the molecule is CC(C)(C)CC(O)CNCc1cc(C(=O)O)cs1. The predicted molar refractivity (Wildman–Crippen MR) is 73.1 cm³/mol. The van der Waals surface area contributed by atoms with E-state index in [2.05, 4.69) is 26.1 Å². The first-order chi connectivity index (χ1) is 8.28. The van der Waals surface area contributed by atoms with Crippen molar-refractivity contribution in [2.45, 2.75) is 39.8 Å². The second-order valence-electron chi connectivity index (χ2n) is 5.66. The molecule has 0 fully saturated rings. The maximum Gasteiger partial charge on any atom is 0.336 e. The maximum atomic E-state index is 10.7. The van der Waals surface area contributed by atoms with Crippen molar-refractivity contribution in [3.8, 4) is 0 Å². The van der Waals surface area contributed by atoms with E-state index in [-0.39, 0.29) is 11.5 Å². The number of hydrogen-bond acceptors (Lipinski definition) is 4. The van der Waals surface area contributed by atoms with Gasteiger partial charge in [0.05, 0.1) is 11.7 Å². The maximum absolute atomic E-state index is 10.7. The van der Waals surface area contributed by atoms with Crippen LogP contribution in [0.4, 0.5) is 0 Å². The molecule has 0 saturated heterocycles. The van der Waals surface area contributed by atoms with Crippen LogP contribution in [0.2, 0.25) is 0 Å². The number of hydrogen-bond donors (Lipinski definition) is 3. The van der Waals surface area contributed by atoms with Crippen LogP contribution in [0.1, 0.15) is 42.4 Å². The molecule has 0 radical (unpaired) electrons. The average molecular weight is 271 g/mol. The summed E-state index contributed by atoms with van der Waals surface area (Å²) in [5, 5.41) is 23.4. The van der Waals surface area contributed by atoms with Crippen LogP contribution in [0.3, 0.4) is 0 Å². The molecule has 0 aliphatic heterocycles. The third-order valence-electron chi connectivity index (χ3n) is 2.43. The molecule has 0 aliphatic rings. The molecular formula is C13H21NO3S. The van der Waals surface area contributed by atoms with Gasteiger partial charge < -0.3 is 15.5 Å². The lowest BCUT2D eigenvalue weighted by Gasteiger charge is -2.22. The number of carbonyl (C=O) groups is 1. The quantitative estimate of drug-likeness (QED) is 0.742. The Balaban J connectivity index is 2.31. The Morgan fingerprint density at radius 3 is 2.67 bits per heavy atom. The number of carboxylic acid groups (broad SMARTS) is 1. The highest BCUT2D eigenvalue weighted by Crippen LogP contribution is 2.20. The number of nitrogens with one attached hydrogen (secondary N) is 1. The molecule has 1 rings (SSSR count). The van der Waals surface area contributed by atoms with E-state index in [9.17, 15) is 9.90 Å². The van der Waals surface area contributed by atoms with E-state index >= 15 is 0 Å². The van der Waals surface area contributed by atoms with E-state index in [0.29, 0.717) is 18.7 Å². The first-order valence-electron chi connectivity index (χ1n) is 5.97. The molecule has 5 heteroatoms. The molecule has 0 aromatic carbocycles. The molecule has 4 nitrogen and oxygen atoms in total. The van der Waals surface area contributed by atoms with Gasteiger partial charge in [0.2, 0.25) is 0 Å². The Labute approximate surface area is 112 Å². The van der Waals surface area contributed by atoms with Gasteiger partial charge in [-0.2, -0.15) is 0 Å². The van der Waals surface area contributed by atoms with Crippen molar-refractivity contribution in [2.75, 3.05) is 6.54 Å². The lowest BCUT2D eigenvalue weighted by Crippen LogP contribution is -2.29. The molecule has 1 atom stereocenters. The minimum atomic E-state index is -0.898. The normalized spacial score (nSPS) is 13.6. The topological polar surface area (TPSA) is 69.6 Å². The summed E-state index contributed by atoms with van der Waals surface area (Å²) >= 11 is 1.42. The van der Waals surface area contributed by atoms with E-state index in [1.807, 2.05) is 0 Å². The van der Waals surface area contributed by atoms with Crippen LogP contribution in [0.5, 0.6) is 0 Å². The first kappa shape index (κ1) is 15.1. The van der Waals surface area contributed by atoms with Crippen molar-refractivity contribution in [1.29, 1.82) is 0 Å². The number of rotatable bonds is 6. The van der Waals surface area contributed by atoms with E-state index in [1.54, 1.807) is 11.4 Å². The number of aliphatic hydroxyl groups is 1. The molecule has 18 heavy (non-hydrogen) atoms. The highest BCUT2D eigenvalue weighted by molar-refractivity contribution is 7.10. The van der Waals surface area contributed by atoms with Crippen molar-refractivity contribution in [2.24, 2.45) is 5.41 Å². The summed E-state index contributed by atoms with van der Waals surface area (Å²) in [6.45, 7) is 7.40. The summed E-state index contributed by atoms with van der Waals surface area (Å²) in [6.07, 6.45) is 0.370. The Morgan fingerprint density at radius 2 is 2.17 bits per heavy atom. The van der Waals surface area contributed by atoms with Crippen molar-refractivity contribution in [3.05, 3.63) is 21.9 Å². The Hall–Kier alpha value is -0.910. The zero-order valence-electron chi connectivity index (χ0n) is 11.1. The summed E-state index contributed by atoms with van der Waals surface area (Å²) in [6, 6.07) is 1.66. The van der Waals surface area contributed by atoms with Gasteiger partial charge in [-0.25, -0.2) is 4.79 Å². The second kappa shape index (κ2) is 6.31. The predicted octanol–water partition coefficient (Wildman–Crippen LogP) is 2.33. The zero-order valence-corrected chi connectivity index (χ0v) is 11.9. The van der Waals surface area contributed by atoms with Gasteiger partial charge in [0.15, 0.2) is 0 Å². The molecule has 0 amide bonds. The summed E-state index contributed by atoms with van der Waals surface area (Å²) in [7, 11) is 0. The molecular weight excluding hydrogens is 250 g/mol. The summed E-state index contributed by atoms with van der Waals surface area (Å²) < 4.78 is 0. The standard InChI is InChI=1S/C13H21NO3S/c1-13(2,3)5-10(15)6-14-7-11-4-9(8-18-11)12(16)17/h4,8,10,14-15H,5-7H2,1-3H3,(H,16,17). The molecule has 0 saturated carbocycles. The van der Waals surface area contributed by atoms with Gasteiger partial charge >= 0.3 is 5.97 Å². The molecule has 0 aliphatic carbocycles. The van der Waals surface area contributed by atoms with Gasteiger partial charge in [-0.1, -0.05) is 20.8 Å². The van der Waals surface area contributed by atoms with Crippen LogP contribution in [0, 0.1) is 5.41 Å². The third-order valence-corrected chi connectivity index (χ3v) is 3.36. The minimum Gasteiger partial charge on any atom is -0.478 e. The van der Waals surface area contributed by atoms with E-state index < -0.39 is 5.97 Å². The average Bonchev–Trinajstić information content (AvgIpc) is 2.63. The third kappa shape index (κ3) is 5.62. The molecule has 1 aromatic rings. The number of aromatic carboxylic acids is 1. The lowest BCUT2D eigenvalue weighted by atomic mass is 9.89. The van der Waals surface area contributed by atoms with Crippen LogP contribution in [-0.2, 0) is 6.54 Å². The van der Waals surface area contributed by atoms with Crippen LogP contribution < -0.4 is 5.32 Å². The monoisotopic (exact) mass is 271 g/mol. The Morgan fingerprint density at radius 1 is 1.50 bits per heavy atom. The van der Waals surface area contributed by atoms with E-state index in [1.165, 1.54) is 11.3 Å². The Bertz CT molecular complexity index is 395. The molecule has 0 bridgehead atoms. The Kier molecular flexibility index (Phi) is 5.31. The van der Waals surface area contributed by atoms with Crippen molar-refractivity contribution < 1.29 is 15.0 Å². The smallest absolute Gasteiger partial charge is 0.336 e. The highest BCUT2D eigenvalue weighted by atomic mass is 32.1. The molecule has 0 spiro atoms. The molecule has 1 unspecified atom stereocenters. The largest absolute Gasteiger partial charge is 0.478 e. The zero-order chi connectivity index (χ0) is 13.8. The number of thiophene rings is 1. The van der Waals surface area contributed by atoms with Crippen LogP contribution in [0.25, 0.3) is 0 Å². The van der Waals surface area contributed by atoms with Gasteiger partial charge in [-0.15, -0.1) is 11.3 Å². The van der Waals surface area contributed by atoms with Crippen molar-refractivity contribution in [3.63, 3.8) is 0 Å². The first-order valence-corrected chi connectivity index (χ1v) is 6.85. The van der Waals surface area contributed by atoms with Gasteiger partial charge in [0.1, 0.15) is 0 Å². The lowest BCUT2D eigenvalue weighted by molar-refractivity contribution is 0.0697. The molecule has 102 valence electrons. The van der Waals surface area contributed by atoms with Crippen LogP contribution in [-0.4, -0.2) is 28.8 Å². The van der Waals surface area contributed by atoms with Crippen molar-refractivity contribution >= 4 is 17.3 Å². The van der Waals surface area contributed by atoms with Crippen molar-refractivity contribution in [1.82, 2.24) is 5.32 Å². The highest BCUT2D eigenvalue weighted by Gasteiger charge is 2.16. The summed E-state index contributed by atoms with van der Waals surface area (Å²) in [5.41, 5.74) is 0.438. The fourth-order valence-corrected chi connectivity index (χ4v) is 2.55. The second-order valence-corrected chi connectivity index (χ2v) is 6.65. The summed E-state index contributed by atoms with van der Waals surface area (Å²) in [4.78, 5) is 11.7. The van der Waals surface area contributed by atoms with Gasteiger partial charge in [-0.3, -0.25) is 0 Å². The molecule has 1 aromatic heterocycles. The van der Waals surface area contributed by atoms with Gasteiger partial charge in [0.25, 0.3) is 0 Å². The van der Waals surface area contributed by atoms with Gasteiger partial charge in [-0.05, 0) is 17.9 Å². The van der Waals surface area contributed by atoms with Crippen LogP contribution in [0.15, 0.2) is 11.4 Å². The summed E-state index contributed by atoms with van der Waals surface area (Å²) in [5.74, 6) is -0.898. The number of carboxylic acids is 1. The molecule has 3 N–H and O–H groups in total. The van der Waals surface area contributed by atoms with E-state index in [0.717, 1.165) is 11.3 Å².